The molecule has 3 aromatic rings. The molecule has 1 N–H and O–H groups in total. The van der Waals surface area contributed by atoms with Crippen molar-refractivity contribution in [3.05, 3.63) is 46.2 Å². The Labute approximate surface area is 137 Å². The molecule has 3 rings (SSSR count). The lowest BCUT2D eigenvalue weighted by atomic mass is 10.2. The number of amides is 1. The molecule has 0 aliphatic heterocycles. The fraction of sp³-hybridized carbons (Fsp3) is 0.250. The number of benzene rings is 1. The monoisotopic (exact) mass is 328 g/mol. The van der Waals surface area contributed by atoms with E-state index in [0.29, 0.717) is 22.3 Å². The zero-order valence-corrected chi connectivity index (χ0v) is 13.8. The van der Waals surface area contributed by atoms with Crippen LogP contribution in [0.4, 0.5) is 5.69 Å². The first-order chi connectivity index (χ1) is 11.0. The van der Waals surface area contributed by atoms with Crippen molar-refractivity contribution in [3.63, 3.8) is 0 Å². The highest BCUT2D eigenvalue weighted by Crippen LogP contribution is 2.22. The highest BCUT2D eigenvalue weighted by molar-refractivity contribution is 7.12. The number of thiazole rings is 1. The molecule has 0 atom stereocenters. The normalized spacial score (nSPS) is 11.0. The standard InChI is InChI=1S/C16H16N4O2S/c1-9(2)14-19-16(22-20-14)11-4-6-12(7-5-11)18-15(21)13-10(3)17-8-23-13/h4-9H,1-3H3,(H,18,21). The maximum absolute atomic E-state index is 12.1. The Morgan fingerprint density at radius 3 is 2.57 bits per heavy atom. The van der Waals surface area contributed by atoms with Crippen LogP contribution >= 0.6 is 11.3 Å². The van der Waals surface area contributed by atoms with Gasteiger partial charge in [-0.2, -0.15) is 4.98 Å². The second-order valence-corrected chi connectivity index (χ2v) is 6.27. The van der Waals surface area contributed by atoms with Gasteiger partial charge in [-0.3, -0.25) is 4.79 Å². The van der Waals surface area contributed by atoms with E-state index in [1.807, 2.05) is 45.0 Å². The summed E-state index contributed by atoms with van der Waals surface area (Å²) in [4.78, 5) is 21.2. The first kappa shape index (κ1) is 15.4. The van der Waals surface area contributed by atoms with E-state index in [0.717, 1.165) is 11.3 Å². The summed E-state index contributed by atoms with van der Waals surface area (Å²) in [5.41, 5.74) is 3.91. The van der Waals surface area contributed by atoms with Crippen molar-refractivity contribution in [1.29, 1.82) is 0 Å². The molecule has 0 bridgehead atoms. The molecule has 0 spiro atoms. The number of carbonyl (C=O) groups excluding carboxylic acids is 1. The predicted octanol–water partition coefficient (Wildman–Crippen LogP) is 3.88. The van der Waals surface area contributed by atoms with Crippen LogP contribution in [-0.4, -0.2) is 21.0 Å². The Bertz CT molecular complexity index is 821. The van der Waals surface area contributed by atoms with Crippen molar-refractivity contribution in [2.45, 2.75) is 26.7 Å². The van der Waals surface area contributed by atoms with Gasteiger partial charge in [-0.15, -0.1) is 11.3 Å². The second kappa shape index (κ2) is 6.29. The van der Waals surface area contributed by atoms with Crippen molar-refractivity contribution in [2.24, 2.45) is 0 Å². The molecule has 6 nitrogen and oxygen atoms in total. The quantitative estimate of drug-likeness (QED) is 0.786. The molecule has 2 heterocycles. The minimum Gasteiger partial charge on any atom is -0.334 e. The zero-order valence-electron chi connectivity index (χ0n) is 13.0. The number of nitrogens with zero attached hydrogens (tertiary/aromatic N) is 3. The zero-order chi connectivity index (χ0) is 16.4. The summed E-state index contributed by atoms with van der Waals surface area (Å²) in [6, 6.07) is 7.30. The van der Waals surface area contributed by atoms with Gasteiger partial charge in [0, 0.05) is 17.2 Å². The van der Waals surface area contributed by atoms with Gasteiger partial charge in [-0.1, -0.05) is 19.0 Å². The Morgan fingerprint density at radius 2 is 2.00 bits per heavy atom. The van der Waals surface area contributed by atoms with Gasteiger partial charge in [0.15, 0.2) is 5.82 Å². The van der Waals surface area contributed by atoms with Gasteiger partial charge in [0.25, 0.3) is 11.8 Å². The summed E-state index contributed by atoms with van der Waals surface area (Å²) in [5, 5.41) is 6.80. The van der Waals surface area contributed by atoms with Gasteiger partial charge in [0.1, 0.15) is 4.88 Å². The first-order valence-electron chi connectivity index (χ1n) is 7.20. The van der Waals surface area contributed by atoms with Crippen LogP contribution < -0.4 is 5.32 Å². The van der Waals surface area contributed by atoms with E-state index >= 15 is 0 Å². The van der Waals surface area contributed by atoms with E-state index < -0.39 is 0 Å². The number of aryl methyl sites for hydroxylation is 1. The molecule has 0 unspecified atom stereocenters. The lowest BCUT2D eigenvalue weighted by Crippen LogP contribution is -2.11. The molecule has 23 heavy (non-hydrogen) atoms. The summed E-state index contributed by atoms with van der Waals surface area (Å²) >= 11 is 1.33. The molecule has 0 aliphatic rings. The van der Waals surface area contributed by atoms with Crippen LogP contribution in [0.15, 0.2) is 34.3 Å². The summed E-state index contributed by atoms with van der Waals surface area (Å²) in [5.74, 6) is 1.22. The summed E-state index contributed by atoms with van der Waals surface area (Å²) < 4.78 is 5.25. The fourth-order valence-electron chi connectivity index (χ4n) is 1.99. The Balaban J connectivity index is 1.74. The van der Waals surface area contributed by atoms with E-state index in [1.165, 1.54) is 11.3 Å². The molecule has 7 heteroatoms. The maximum atomic E-state index is 12.1. The Kier molecular flexibility index (Phi) is 4.20. The van der Waals surface area contributed by atoms with Gasteiger partial charge >= 0.3 is 0 Å². The Morgan fingerprint density at radius 1 is 1.26 bits per heavy atom. The third kappa shape index (κ3) is 3.29. The lowest BCUT2D eigenvalue weighted by Gasteiger charge is -2.04. The predicted molar refractivity (Wildman–Crippen MR) is 88.6 cm³/mol. The minimum absolute atomic E-state index is 0.155. The molecule has 0 saturated heterocycles. The number of hydrogen-bond donors (Lipinski definition) is 1. The molecule has 1 amide bonds. The molecule has 0 radical (unpaired) electrons. The van der Waals surface area contributed by atoms with Crippen molar-refractivity contribution in [1.82, 2.24) is 15.1 Å². The molecule has 0 fully saturated rings. The molecule has 118 valence electrons. The number of aromatic nitrogens is 3. The molecule has 2 aromatic heterocycles. The van der Waals surface area contributed by atoms with E-state index in [1.54, 1.807) is 5.51 Å². The van der Waals surface area contributed by atoms with Gasteiger partial charge in [-0.05, 0) is 31.2 Å². The van der Waals surface area contributed by atoms with Gasteiger partial charge < -0.3 is 9.84 Å². The third-order valence-electron chi connectivity index (χ3n) is 3.30. The average Bonchev–Trinajstić information content (AvgIpc) is 3.17. The minimum atomic E-state index is -0.155. The largest absolute Gasteiger partial charge is 0.334 e. The second-order valence-electron chi connectivity index (χ2n) is 5.41. The van der Waals surface area contributed by atoms with E-state index in [4.69, 9.17) is 4.52 Å². The molecule has 0 saturated carbocycles. The van der Waals surface area contributed by atoms with Crippen LogP contribution in [0.2, 0.25) is 0 Å². The SMILES string of the molecule is Cc1ncsc1C(=O)Nc1ccc(-c2nc(C(C)C)no2)cc1. The van der Waals surface area contributed by atoms with Gasteiger partial charge in [0.2, 0.25) is 0 Å². The number of anilines is 1. The number of rotatable bonds is 4. The van der Waals surface area contributed by atoms with Crippen molar-refractivity contribution >= 4 is 22.9 Å². The molecular weight excluding hydrogens is 312 g/mol. The van der Waals surface area contributed by atoms with Crippen LogP contribution in [0.5, 0.6) is 0 Å². The molecule has 1 aromatic carbocycles. The van der Waals surface area contributed by atoms with Crippen LogP contribution in [0.25, 0.3) is 11.5 Å². The summed E-state index contributed by atoms with van der Waals surface area (Å²) in [6.45, 7) is 5.83. The fourth-order valence-corrected chi connectivity index (χ4v) is 2.69. The topological polar surface area (TPSA) is 80.9 Å². The number of carbonyl (C=O) groups is 1. The number of hydrogen-bond acceptors (Lipinski definition) is 6. The highest BCUT2D eigenvalue weighted by atomic mass is 32.1. The Hall–Kier alpha value is -2.54. The molecular formula is C16H16N4O2S. The average molecular weight is 328 g/mol. The summed E-state index contributed by atoms with van der Waals surface area (Å²) in [6.07, 6.45) is 0. The number of nitrogens with one attached hydrogen (secondary N) is 1. The smallest absolute Gasteiger partial charge is 0.267 e. The molecule has 0 aliphatic carbocycles. The van der Waals surface area contributed by atoms with Crippen molar-refractivity contribution in [2.75, 3.05) is 5.32 Å². The van der Waals surface area contributed by atoms with Gasteiger partial charge in [0.05, 0.1) is 11.2 Å². The van der Waals surface area contributed by atoms with Crippen molar-refractivity contribution < 1.29 is 9.32 Å². The van der Waals surface area contributed by atoms with Gasteiger partial charge in [-0.25, -0.2) is 4.98 Å². The van der Waals surface area contributed by atoms with Crippen LogP contribution in [0.1, 0.15) is 41.0 Å². The first-order valence-corrected chi connectivity index (χ1v) is 8.08. The maximum Gasteiger partial charge on any atom is 0.267 e. The highest BCUT2D eigenvalue weighted by Gasteiger charge is 2.13. The van der Waals surface area contributed by atoms with Crippen molar-refractivity contribution in [3.8, 4) is 11.5 Å². The van der Waals surface area contributed by atoms with E-state index in [9.17, 15) is 4.79 Å². The van der Waals surface area contributed by atoms with E-state index in [2.05, 4.69) is 20.4 Å². The van der Waals surface area contributed by atoms with E-state index in [-0.39, 0.29) is 11.8 Å². The van der Waals surface area contributed by atoms with Crippen LogP contribution in [-0.2, 0) is 0 Å². The summed E-state index contributed by atoms with van der Waals surface area (Å²) in [7, 11) is 0. The third-order valence-corrected chi connectivity index (χ3v) is 4.23. The lowest BCUT2D eigenvalue weighted by molar-refractivity contribution is 0.103. The van der Waals surface area contributed by atoms with Crippen LogP contribution in [0, 0.1) is 6.92 Å². The van der Waals surface area contributed by atoms with Crippen LogP contribution in [0.3, 0.4) is 0 Å².